The molecule has 1 aromatic rings. The molecule has 1 aliphatic heterocycles. The Bertz CT molecular complexity index is 440. The fourth-order valence-corrected chi connectivity index (χ4v) is 2.93. The molecule has 0 spiro atoms. The van der Waals surface area contributed by atoms with Crippen LogP contribution in [-0.4, -0.2) is 25.1 Å². The minimum Gasteiger partial charge on any atom is -0.357 e. The molecule has 0 atom stereocenters. The molecule has 20 heavy (non-hydrogen) atoms. The van der Waals surface area contributed by atoms with E-state index in [1.54, 1.807) is 0 Å². The monoisotopic (exact) mass is 275 g/mol. The van der Waals surface area contributed by atoms with Gasteiger partial charge in [0.25, 0.3) is 0 Å². The van der Waals surface area contributed by atoms with Crippen molar-refractivity contribution in [3.05, 3.63) is 23.4 Å². The molecule has 0 radical (unpaired) electrons. The second-order valence-electron chi connectivity index (χ2n) is 6.71. The van der Waals surface area contributed by atoms with Crippen molar-refractivity contribution in [2.45, 2.75) is 53.0 Å². The number of nitrogens with one attached hydrogen (secondary N) is 1. The van der Waals surface area contributed by atoms with Gasteiger partial charge in [-0.05, 0) is 55.8 Å². The molecular formula is C17H29N3. The Hall–Kier alpha value is -1.09. The molecule has 3 heteroatoms. The van der Waals surface area contributed by atoms with Crippen LogP contribution in [-0.2, 0) is 13.0 Å². The maximum Gasteiger partial charge on any atom is 0.129 e. The zero-order chi connectivity index (χ0) is 14.6. The second-order valence-corrected chi connectivity index (χ2v) is 6.71. The van der Waals surface area contributed by atoms with Crippen molar-refractivity contribution in [2.24, 2.45) is 5.41 Å². The van der Waals surface area contributed by atoms with Crippen LogP contribution in [0.1, 0.15) is 51.3 Å². The Morgan fingerprint density at radius 3 is 2.75 bits per heavy atom. The van der Waals surface area contributed by atoms with Crippen LogP contribution in [0.25, 0.3) is 0 Å². The minimum atomic E-state index is 0.477. The Morgan fingerprint density at radius 2 is 2.05 bits per heavy atom. The quantitative estimate of drug-likeness (QED) is 0.913. The molecule has 1 aliphatic rings. The van der Waals surface area contributed by atoms with Crippen LogP contribution in [0.15, 0.2) is 12.1 Å². The van der Waals surface area contributed by atoms with Gasteiger partial charge < -0.3 is 10.2 Å². The van der Waals surface area contributed by atoms with Crippen molar-refractivity contribution in [1.82, 2.24) is 10.3 Å². The molecule has 1 aromatic heterocycles. The summed E-state index contributed by atoms with van der Waals surface area (Å²) in [6, 6.07) is 4.48. The van der Waals surface area contributed by atoms with Crippen LogP contribution in [0, 0.1) is 5.41 Å². The van der Waals surface area contributed by atoms with Gasteiger partial charge in [-0.25, -0.2) is 4.98 Å². The van der Waals surface area contributed by atoms with E-state index in [9.17, 15) is 0 Å². The molecule has 2 rings (SSSR count). The molecule has 1 N–H and O–H groups in total. The van der Waals surface area contributed by atoms with Gasteiger partial charge in [0, 0.05) is 25.3 Å². The van der Waals surface area contributed by atoms with Crippen molar-refractivity contribution < 1.29 is 0 Å². The maximum atomic E-state index is 4.85. The predicted molar refractivity (Wildman–Crippen MR) is 86.2 cm³/mol. The van der Waals surface area contributed by atoms with E-state index in [2.05, 4.69) is 43.1 Å². The normalized spacial score (nSPS) is 18.9. The van der Waals surface area contributed by atoms with Gasteiger partial charge in [0.15, 0.2) is 0 Å². The van der Waals surface area contributed by atoms with E-state index in [1.807, 2.05) is 7.05 Å². The summed E-state index contributed by atoms with van der Waals surface area (Å²) in [5.41, 5.74) is 3.03. The first-order valence-corrected chi connectivity index (χ1v) is 7.93. The van der Waals surface area contributed by atoms with Gasteiger partial charge >= 0.3 is 0 Å². The highest BCUT2D eigenvalue weighted by Gasteiger charge is 2.23. The SMILES string of the molecule is CCc1cc(CNC)cc(N2CCCC(C)(C)CC2)n1. The standard InChI is InChI=1S/C17H29N3/c1-5-15-11-14(13-18-4)12-16(19-15)20-9-6-7-17(2,3)8-10-20/h11-12,18H,5-10,13H2,1-4H3. The fourth-order valence-electron chi connectivity index (χ4n) is 2.93. The highest BCUT2D eigenvalue weighted by molar-refractivity contribution is 5.43. The average molecular weight is 275 g/mol. The summed E-state index contributed by atoms with van der Waals surface area (Å²) < 4.78 is 0. The lowest BCUT2D eigenvalue weighted by Gasteiger charge is -2.25. The summed E-state index contributed by atoms with van der Waals surface area (Å²) >= 11 is 0. The van der Waals surface area contributed by atoms with Gasteiger partial charge in [-0.3, -0.25) is 0 Å². The summed E-state index contributed by atoms with van der Waals surface area (Å²) in [4.78, 5) is 7.32. The molecule has 3 nitrogen and oxygen atoms in total. The molecule has 0 bridgehead atoms. The molecule has 1 saturated heterocycles. The first-order valence-electron chi connectivity index (χ1n) is 7.93. The lowest BCUT2D eigenvalue weighted by molar-refractivity contribution is 0.325. The summed E-state index contributed by atoms with van der Waals surface area (Å²) in [7, 11) is 2.00. The molecular weight excluding hydrogens is 246 g/mol. The van der Waals surface area contributed by atoms with E-state index in [-0.39, 0.29) is 0 Å². The van der Waals surface area contributed by atoms with E-state index in [4.69, 9.17) is 4.98 Å². The van der Waals surface area contributed by atoms with E-state index >= 15 is 0 Å². The maximum absolute atomic E-state index is 4.85. The van der Waals surface area contributed by atoms with Gasteiger partial charge in [0.05, 0.1) is 0 Å². The second kappa shape index (κ2) is 6.57. The molecule has 2 heterocycles. The van der Waals surface area contributed by atoms with Crippen molar-refractivity contribution in [1.29, 1.82) is 0 Å². The third-order valence-electron chi connectivity index (χ3n) is 4.33. The van der Waals surface area contributed by atoms with E-state index < -0.39 is 0 Å². The Kier molecular flexibility index (Phi) is 5.03. The van der Waals surface area contributed by atoms with Crippen LogP contribution >= 0.6 is 0 Å². The lowest BCUT2D eigenvalue weighted by atomic mass is 9.85. The lowest BCUT2D eigenvalue weighted by Crippen LogP contribution is -2.26. The first kappa shape index (κ1) is 15.3. The number of hydrogen-bond donors (Lipinski definition) is 1. The summed E-state index contributed by atoms with van der Waals surface area (Å²) in [6.45, 7) is 10.1. The summed E-state index contributed by atoms with van der Waals surface area (Å²) in [5, 5.41) is 3.24. The van der Waals surface area contributed by atoms with Crippen LogP contribution in [0.3, 0.4) is 0 Å². The number of anilines is 1. The predicted octanol–water partition coefficient (Wildman–Crippen LogP) is 3.38. The summed E-state index contributed by atoms with van der Waals surface area (Å²) in [6.07, 6.45) is 4.85. The molecule has 112 valence electrons. The van der Waals surface area contributed by atoms with Crippen molar-refractivity contribution >= 4 is 5.82 Å². The van der Waals surface area contributed by atoms with Gasteiger partial charge in [0.1, 0.15) is 5.82 Å². The minimum absolute atomic E-state index is 0.477. The molecule has 1 fully saturated rings. The average Bonchev–Trinajstić information content (AvgIpc) is 2.59. The van der Waals surface area contributed by atoms with E-state index in [0.717, 1.165) is 26.1 Å². The Morgan fingerprint density at radius 1 is 1.25 bits per heavy atom. The van der Waals surface area contributed by atoms with Crippen LogP contribution in [0.5, 0.6) is 0 Å². The van der Waals surface area contributed by atoms with Gasteiger partial charge in [0.2, 0.25) is 0 Å². The number of rotatable bonds is 4. The highest BCUT2D eigenvalue weighted by atomic mass is 15.2. The Labute approximate surface area is 123 Å². The molecule has 0 unspecified atom stereocenters. The smallest absolute Gasteiger partial charge is 0.129 e. The van der Waals surface area contributed by atoms with E-state index in [1.165, 1.54) is 36.3 Å². The van der Waals surface area contributed by atoms with Crippen molar-refractivity contribution in [3.63, 3.8) is 0 Å². The summed E-state index contributed by atoms with van der Waals surface area (Å²) in [5.74, 6) is 1.17. The number of nitrogens with zero attached hydrogens (tertiary/aromatic N) is 2. The third-order valence-corrected chi connectivity index (χ3v) is 4.33. The van der Waals surface area contributed by atoms with Crippen LogP contribution in [0.2, 0.25) is 0 Å². The first-order chi connectivity index (χ1) is 9.54. The van der Waals surface area contributed by atoms with Crippen LogP contribution < -0.4 is 10.2 Å². The van der Waals surface area contributed by atoms with Gasteiger partial charge in [-0.1, -0.05) is 20.8 Å². The van der Waals surface area contributed by atoms with Gasteiger partial charge in [-0.15, -0.1) is 0 Å². The van der Waals surface area contributed by atoms with Gasteiger partial charge in [-0.2, -0.15) is 0 Å². The van der Waals surface area contributed by atoms with Crippen LogP contribution in [0.4, 0.5) is 5.82 Å². The number of pyridine rings is 1. The van der Waals surface area contributed by atoms with E-state index in [0.29, 0.717) is 5.41 Å². The zero-order valence-electron chi connectivity index (χ0n) is 13.5. The molecule has 0 aliphatic carbocycles. The Balaban J connectivity index is 2.20. The molecule has 0 amide bonds. The molecule has 0 saturated carbocycles. The topological polar surface area (TPSA) is 28.2 Å². The number of aromatic nitrogens is 1. The molecule has 0 aromatic carbocycles. The third kappa shape index (κ3) is 3.95. The van der Waals surface area contributed by atoms with Crippen molar-refractivity contribution in [3.8, 4) is 0 Å². The van der Waals surface area contributed by atoms with Crippen molar-refractivity contribution in [2.75, 3.05) is 25.0 Å². The number of aryl methyl sites for hydroxylation is 1. The number of hydrogen-bond acceptors (Lipinski definition) is 3. The zero-order valence-corrected chi connectivity index (χ0v) is 13.5. The fraction of sp³-hybridized carbons (Fsp3) is 0.706. The highest BCUT2D eigenvalue weighted by Crippen LogP contribution is 2.31. The largest absolute Gasteiger partial charge is 0.357 e.